The largest absolute Gasteiger partial charge is 0.330 e. The summed E-state index contributed by atoms with van der Waals surface area (Å²) in [5.41, 5.74) is -0.113. The molecule has 1 aromatic heterocycles. The van der Waals surface area contributed by atoms with Crippen molar-refractivity contribution in [2.45, 2.75) is 6.92 Å². The fraction of sp³-hybridized carbons (Fsp3) is 0.100. The smallest absolute Gasteiger partial charge is 0.294 e. The number of aromatic nitrogens is 2. The molecular weight excluding hydrogens is 237 g/mol. The number of carbonyl (C=O) groups is 1. The number of nitrogens with zero attached hydrogens (tertiary/aromatic N) is 2. The van der Waals surface area contributed by atoms with Gasteiger partial charge in [-0.3, -0.25) is 4.79 Å². The Morgan fingerprint density at radius 1 is 1.24 bits per heavy atom. The summed E-state index contributed by atoms with van der Waals surface area (Å²) in [5.74, 6) is -5.27. The lowest BCUT2D eigenvalue weighted by Gasteiger charge is -1.97. The van der Waals surface area contributed by atoms with Crippen LogP contribution in [0.5, 0.6) is 0 Å². The topological polar surface area (TPSA) is 56.0 Å². The average molecular weight is 242 g/mol. The zero-order chi connectivity index (χ0) is 12.6. The molecule has 0 N–H and O–H groups in total. The maximum Gasteiger partial charge on any atom is 0.294 e. The molecule has 0 spiro atoms. The zero-order valence-corrected chi connectivity index (χ0v) is 8.50. The van der Waals surface area contributed by atoms with Crippen molar-refractivity contribution in [2.24, 2.45) is 0 Å². The minimum absolute atomic E-state index is 0.113. The molecule has 0 atom stereocenters. The van der Waals surface area contributed by atoms with Gasteiger partial charge < -0.3 is 4.52 Å². The standard InChI is InChI=1S/C10H5F3N2O2/c1-4(16)10-14-9(15-17-10)5-2-6(11)8(13)7(12)3-5/h2-3H,1H3. The van der Waals surface area contributed by atoms with Crippen molar-refractivity contribution in [1.82, 2.24) is 10.1 Å². The van der Waals surface area contributed by atoms with E-state index in [2.05, 4.69) is 14.7 Å². The second-order valence-corrected chi connectivity index (χ2v) is 3.23. The van der Waals surface area contributed by atoms with Gasteiger partial charge in [-0.15, -0.1) is 0 Å². The second kappa shape index (κ2) is 4.00. The molecular formula is C10H5F3N2O2. The number of benzene rings is 1. The van der Waals surface area contributed by atoms with Crippen molar-refractivity contribution in [3.63, 3.8) is 0 Å². The maximum atomic E-state index is 12.9. The van der Waals surface area contributed by atoms with Gasteiger partial charge in [0.2, 0.25) is 11.6 Å². The molecule has 0 aliphatic rings. The third-order valence-corrected chi connectivity index (χ3v) is 1.97. The molecule has 0 aliphatic carbocycles. The Balaban J connectivity index is 2.49. The molecule has 2 aromatic rings. The molecule has 1 aromatic carbocycles. The van der Waals surface area contributed by atoms with Gasteiger partial charge in [-0.1, -0.05) is 5.16 Å². The Labute approximate surface area is 93.1 Å². The van der Waals surface area contributed by atoms with E-state index in [1.807, 2.05) is 0 Å². The van der Waals surface area contributed by atoms with E-state index in [0.29, 0.717) is 12.1 Å². The molecule has 0 bridgehead atoms. The van der Waals surface area contributed by atoms with Crippen molar-refractivity contribution < 1.29 is 22.5 Å². The molecule has 17 heavy (non-hydrogen) atoms. The van der Waals surface area contributed by atoms with E-state index in [4.69, 9.17) is 0 Å². The molecule has 2 rings (SSSR count). The van der Waals surface area contributed by atoms with Gasteiger partial charge in [0.15, 0.2) is 17.5 Å². The van der Waals surface area contributed by atoms with E-state index in [9.17, 15) is 18.0 Å². The number of ketones is 1. The Hall–Kier alpha value is -2.18. The lowest BCUT2D eigenvalue weighted by molar-refractivity contribution is 0.0972. The summed E-state index contributed by atoms with van der Waals surface area (Å²) in [6.07, 6.45) is 0. The van der Waals surface area contributed by atoms with E-state index in [1.165, 1.54) is 6.92 Å². The van der Waals surface area contributed by atoms with Gasteiger partial charge in [-0.25, -0.2) is 13.2 Å². The minimum atomic E-state index is -1.58. The van der Waals surface area contributed by atoms with E-state index < -0.39 is 23.2 Å². The van der Waals surface area contributed by atoms with Gasteiger partial charge >= 0.3 is 0 Å². The predicted molar refractivity (Wildman–Crippen MR) is 49.6 cm³/mol. The van der Waals surface area contributed by atoms with Gasteiger partial charge in [0.1, 0.15) is 0 Å². The van der Waals surface area contributed by atoms with Crippen LogP contribution in [0.4, 0.5) is 13.2 Å². The van der Waals surface area contributed by atoms with Crippen LogP contribution in [0.15, 0.2) is 16.7 Å². The second-order valence-electron chi connectivity index (χ2n) is 3.23. The molecule has 0 saturated carbocycles. The fourth-order valence-electron chi connectivity index (χ4n) is 1.17. The summed E-state index contributed by atoms with van der Waals surface area (Å²) in [6.45, 7) is 1.20. The molecule has 7 heteroatoms. The monoisotopic (exact) mass is 242 g/mol. The molecule has 1 heterocycles. The Bertz CT molecular complexity index is 572. The summed E-state index contributed by atoms with van der Waals surface area (Å²) >= 11 is 0. The van der Waals surface area contributed by atoms with Crippen molar-refractivity contribution in [2.75, 3.05) is 0 Å². The van der Waals surface area contributed by atoms with Crippen LogP contribution in [0, 0.1) is 17.5 Å². The van der Waals surface area contributed by atoms with Crippen LogP contribution in [0.1, 0.15) is 17.6 Å². The lowest BCUT2D eigenvalue weighted by Crippen LogP contribution is -1.94. The number of halogens is 3. The van der Waals surface area contributed by atoms with E-state index in [1.54, 1.807) is 0 Å². The van der Waals surface area contributed by atoms with Crippen LogP contribution >= 0.6 is 0 Å². The van der Waals surface area contributed by atoms with Crippen molar-refractivity contribution >= 4 is 5.78 Å². The van der Waals surface area contributed by atoms with Gasteiger partial charge in [0, 0.05) is 12.5 Å². The summed E-state index contributed by atoms with van der Waals surface area (Å²) in [7, 11) is 0. The van der Waals surface area contributed by atoms with Crippen molar-refractivity contribution in [3.05, 3.63) is 35.5 Å². The highest BCUT2D eigenvalue weighted by Gasteiger charge is 2.16. The number of hydrogen-bond donors (Lipinski definition) is 0. The lowest BCUT2D eigenvalue weighted by atomic mass is 10.2. The Kier molecular flexibility index (Phi) is 2.66. The Morgan fingerprint density at radius 2 is 1.82 bits per heavy atom. The van der Waals surface area contributed by atoms with Gasteiger partial charge in [0.05, 0.1) is 0 Å². The highest BCUT2D eigenvalue weighted by molar-refractivity contribution is 5.89. The average Bonchev–Trinajstić information content (AvgIpc) is 2.74. The highest BCUT2D eigenvalue weighted by atomic mass is 19.2. The Morgan fingerprint density at radius 3 is 2.29 bits per heavy atom. The first-order valence-corrected chi connectivity index (χ1v) is 4.48. The van der Waals surface area contributed by atoms with Crippen LogP contribution in [0.2, 0.25) is 0 Å². The maximum absolute atomic E-state index is 12.9. The molecule has 0 aliphatic heterocycles. The van der Waals surface area contributed by atoms with Crippen LogP contribution in [-0.4, -0.2) is 15.9 Å². The van der Waals surface area contributed by atoms with Crippen LogP contribution in [-0.2, 0) is 0 Å². The first-order valence-electron chi connectivity index (χ1n) is 4.48. The summed E-state index contributed by atoms with van der Waals surface area (Å²) in [4.78, 5) is 14.5. The van der Waals surface area contributed by atoms with Crippen molar-refractivity contribution in [3.8, 4) is 11.4 Å². The first kappa shape index (κ1) is 11.3. The molecule has 0 fully saturated rings. The third kappa shape index (κ3) is 2.03. The quantitative estimate of drug-likeness (QED) is 0.599. The SMILES string of the molecule is CC(=O)c1nc(-c2cc(F)c(F)c(F)c2)no1. The summed E-state index contributed by atoms with van der Waals surface area (Å²) < 4.78 is 43.1. The molecule has 0 unspecified atom stereocenters. The molecule has 0 amide bonds. The summed E-state index contributed by atoms with van der Waals surface area (Å²) in [5, 5.41) is 3.36. The minimum Gasteiger partial charge on any atom is -0.330 e. The number of carbonyl (C=O) groups excluding carboxylic acids is 1. The van der Waals surface area contributed by atoms with Gasteiger partial charge in [-0.05, 0) is 12.1 Å². The highest BCUT2D eigenvalue weighted by Crippen LogP contribution is 2.21. The summed E-state index contributed by atoms with van der Waals surface area (Å²) in [6, 6.07) is 1.43. The number of hydrogen-bond acceptors (Lipinski definition) is 4. The number of Topliss-reactive ketones (excluding diaryl/α,β-unsaturated/α-hetero) is 1. The molecule has 4 nitrogen and oxygen atoms in total. The van der Waals surface area contributed by atoms with Gasteiger partial charge in [-0.2, -0.15) is 4.98 Å². The molecule has 0 saturated heterocycles. The van der Waals surface area contributed by atoms with Crippen molar-refractivity contribution in [1.29, 1.82) is 0 Å². The number of rotatable bonds is 2. The predicted octanol–water partition coefficient (Wildman–Crippen LogP) is 2.36. The van der Waals surface area contributed by atoms with Crippen LogP contribution in [0.25, 0.3) is 11.4 Å². The molecule has 88 valence electrons. The fourth-order valence-corrected chi connectivity index (χ4v) is 1.17. The van der Waals surface area contributed by atoms with E-state index in [0.717, 1.165) is 0 Å². The third-order valence-electron chi connectivity index (χ3n) is 1.97. The van der Waals surface area contributed by atoms with E-state index in [-0.39, 0.29) is 17.3 Å². The van der Waals surface area contributed by atoms with Gasteiger partial charge in [0.25, 0.3) is 5.89 Å². The normalized spacial score (nSPS) is 10.6. The first-order chi connectivity index (χ1) is 7.99. The molecule has 0 radical (unpaired) electrons. The van der Waals surface area contributed by atoms with E-state index >= 15 is 0 Å². The van der Waals surface area contributed by atoms with Crippen LogP contribution in [0.3, 0.4) is 0 Å². The zero-order valence-electron chi connectivity index (χ0n) is 8.50. The van der Waals surface area contributed by atoms with Crippen LogP contribution < -0.4 is 0 Å².